The normalized spacial score (nSPS) is 14.1. The Kier molecular flexibility index (Phi) is 5.15. The molecule has 0 amide bonds. The molecule has 162 valence electrons. The zero-order valence-corrected chi connectivity index (χ0v) is 18.3. The summed E-state index contributed by atoms with van der Waals surface area (Å²) in [5.41, 5.74) is 14.2. The third-order valence-electron chi connectivity index (χ3n) is 6.13. The molecular weight excluding hydrogens is 400 g/mol. The van der Waals surface area contributed by atoms with Crippen molar-refractivity contribution in [3.8, 4) is 22.3 Å². The number of nitrogens with two attached hydrogens (primary N) is 1. The largest absolute Gasteiger partial charge is 0.383 e. The van der Waals surface area contributed by atoms with Gasteiger partial charge >= 0.3 is 0 Å². The minimum absolute atomic E-state index is 0.0674. The predicted octanol–water partition coefficient (Wildman–Crippen LogP) is 4.29. The second-order valence-corrected chi connectivity index (χ2v) is 8.33. The molecule has 6 heteroatoms. The fourth-order valence-electron chi connectivity index (χ4n) is 4.35. The highest BCUT2D eigenvalue weighted by atomic mass is 16.5. The van der Waals surface area contributed by atoms with E-state index in [1.165, 1.54) is 11.3 Å². The van der Waals surface area contributed by atoms with Gasteiger partial charge in [0.05, 0.1) is 18.7 Å². The highest BCUT2D eigenvalue weighted by Crippen LogP contribution is 2.33. The minimum Gasteiger partial charge on any atom is -0.383 e. The lowest BCUT2D eigenvalue weighted by Gasteiger charge is -2.30. The van der Waals surface area contributed by atoms with E-state index in [1.54, 1.807) is 6.20 Å². The molecular formula is C26H26N4O2. The number of H-pyrrole nitrogens is 1. The second-order valence-electron chi connectivity index (χ2n) is 8.33. The fourth-order valence-corrected chi connectivity index (χ4v) is 4.35. The number of ether oxygens (including phenoxy) is 1. The molecule has 1 aliphatic heterocycles. The third-order valence-corrected chi connectivity index (χ3v) is 6.13. The van der Waals surface area contributed by atoms with Crippen LogP contribution in [0.25, 0.3) is 33.2 Å². The summed E-state index contributed by atoms with van der Waals surface area (Å²) < 4.78 is 5.48. The first kappa shape index (κ1) is 20.3. The third kappa shape index (κ3) is 3.74. The van der Waals surface area contributed by atoms with Gasteiger partial charge in [0.2, 0.25) is 0 Å². The van der Waals surface area contributed by atoms with Crippen molar-refractivity contribution in [2.24, 2.45) is 0 Å². The van der Waals surface area contributed by atoms with Gasteiger partial charge in [-0.05, 0) is 72.5 Å². The number of hydrogen-bond donors (Lipinski definition) is 2. The van der Waals surface area contributed by atoms with Gasteiger partial charge in [0.25, 0.3) is 5.56 Å². The maximum absolute atomic E-state index is 11.7. The molecule has 32 heavy (non-hydrogen) atoms. The molecule has 1 fully saturated rings. The van der Waals surface area contributed by atoms with E-state index in [4.69, 9.17) is 10.5 Å². The van der Waals surface area contributed by atoms with Gasteiger partial charge in [0.15, 0.2) is 0 Å². The number of anilines is 2. The first-order valence-corrected chi connectivity index (χ1v) is 10.8. The molecule has 0 radical (unpaired) electrons. The zero-order chi connectivity index (χ0) is 22.2. The van der Waals surface area contributed by atoms with Gasteiger partial charge in [-0.25, -0.2) is 4.98 Å². The Balaban J connectivity index is 1.55. The molecule has 3 N–H and O–H groups in total. The van der Waals surface area contributed by atoms with E-state index in [0.29, 0.717) is 11.4 Å². The monoisotopic (exact) mass is 426 g/mol. The Labute approximate surface area is 186 Å². The molecule has 1 saturated heterocycles. The van der Waals surface area contributed by atoms with Crippen molar-refractivity contribution in [1.29, 1.82) is 0 Å². The molecule has 0 aliphatic carbocycles. The lowest BCUT2D eigenvalue weighted by atomic mass is 9.99. The molecule has 4 aromatic rings. The number of pyridine rings is 2. The van der Waals surface area contributed by atoms with Gasteiger partial charge in [-0.2, -0.15) is 0 Å². The molecule has 3 heterocycles. The van der Waals surface area contributed by atoms with Crippen molar-refractivity contribution in [3.05, 3.63) is 76.2 Å². The van der Waals surface area contributed by atoms with E-state index in [2.05, 4.69) is 52.1 Å². The number of nitrogens with zero attached hydrogens (tertiary/aromatic N) is 2. The summed E-state index contributed by atoms with van der Waals surface area (Å²) in [6, 6.07) is 16.5. The van der Waals surface area contributed by atoms with Crippen LogP contribution in [-0.2, 0) is 4.74 Å². The molecule has 0 unspecified atom stereocenters. The van der Waals surface area contributed by atoms with Crippen LogP contribution >= 0.6 is 0 Å². The Bertz CT molecular complexity index is 1370. The zero-order valence-electron chi connectivity index (χ0n) is 18.3. The number of aromatic amines is 1. The highest BCUT2D eigenvalue weighted by molar-refractivity contribution is 5.91. The molecule has 0 atom stereocenters. The van der Waals surface area contributed by atoms with Crippen LogP contribution in [0.1, 0.15) is 11.1 Å². The molecule has 1 aliphatic rings. The molecule has 0 saturated carbocycles. The topological polar surface area (TPSA) is 84.2 Å². The Morgan fingerprint density at radius 1 is 0.938 bits per heavy atom. The van der Waals surface area contributed by atoms with E-state index in [-0.39, 0.29) is 5.56 Å². The lowest BCUT2D eigenvalue weighted by molar-refractivity contribution is 0.122. The Hall–Kier alpha value is -3.64. The average Bonchev–Trinajstić information content (AvgIpc) is 2.80. The molecule has 0 bridgehead atoms. The van der Waals surface area contributed by atoms with E-state index in [9.17, 15) is 4.79 Å². The van der Waals surface area contributed by atoms with Crippen molar-refractivity contribution in [3.63, 3.8) is 0 Å². The van der Waals surface area contributed by atoms with E-state index >= 15 is 0 Å². The predicted molar refractivity (Wildman–Crippen MR) is 130 cm³/mol. The number of nitrogens with one attached hydrogen (secondary N) is 1. The molecule has 2 aromatic carbocycles. The van der Waals surface area contributed by atoms with Crippen LogP contribution in [0.2, 0.25) is 0 Å². The van der Waals surface area contributed by atoms with Gasteiger partial charge in [-0.1, -0.05) is 12.1 Å². The van der Waals surface area contributed by atoms with Gasteiger partial charge in [-0.15, -0.1) is 0 Å². The molecule has 0 spiro atoms. The van der Waals surface area contributed by atoms with Crippen molar-refractivity contribution >= 4 is 22.4 Å². The molecule has 2 aromatic heterocycles. The number of fused-ring (bicyclic) bond motifs is 1. The standard InChI is InChI=1S/C26H26N4O2/c1-16-11-19(4-6-24(16)30-7-9-32-10-8-30)22-14-20-13-18(3-5-23(20)29-25(22)27)21-12-17(2)26(31)28-15-21/h3-6,11-15H,7-10H2,1-2H3,(H2,27,29)(H,28,31). The number of morpholine rings is 1. The smallest absolute Gasteiger partial charge is 0.250 e. The number of hydrogen-bond acceptors (Lipinski definition) is 5. The summed E-state index contributed by atoms with van der Waals surface area (Å²) in [4.78, 5) is 21.5. The highest BCUT2D eigenvalue weighted by Gasteiger charge is 2.15. The van der Waals surface area contributed by atoms with Crippen molar-refractivity contribution < 1.29 is 4.74 Å². The van der Waals surface area contributed by atoms with Crippen molar-refractivity contribution in [1.82, 2.24) is 9.97 Å². The van der Waals surface area contributed by atoms with Crippen LogP contribution in [0.5, 0.6) is 0 Å². The van der Waals surface area contributed by atoms with Crippen LogP contribution in [-0.4, -0.2) is 36.3 Å². The Morgan fingerprint density at radius 3 is 2.44 bits per heavy atom. The maximum Gasteiger partial charge on any atom is 0.250 e. The summed E-state index contributed by atoms with van der Waals surface area (Å²) in [6.07, 6.45) is 1.75. The van der Waals surface area contributed by atoms with Crippen LogP contribution in [0.3, 0.4) is 0 Å². The number of rotatable bonds is 3. The minimum atomic E-state index is -0.0674. The number of aryl methyl sites for hydroxylation is 2. The van der Waals surface area contributed by atoms with Crippen LogP contribution in [0, 0.1) is 13.8 Å². The van der Waals surface area contributed by atoms with Gasteiger partial charge in [-0.3, -0.25) is 4.79 Å². The van der Waals surface area contributed by atoms with Crippen LogP contribution < -0.4 is 16.2 Å². The summed E-state index contributed by atoms with van der Waals surface area (Å²) in [7, 11) is 0. The first-order valence-electron chi connectivity index (χ1n) is 10.8. The quantitative estimate of drug-likeness (QED) is 0.510. The van der Waals surface area contributed by atoms with Gasteiger partial charge in [0.1, 0.15) is 5.82 Å². The van der Waals surface area contributed by atoms with E-state index in [0.717, 1.165) is 59.5 Å². The number of nitrogen functional groups attached to an aromatic ring is 1. The van der Waals surface area contributed by atoms with Gasteiger partial charge < -0.3 is 20.4 Å². The van der Waals surface area contributed by atoms with E-state index in [1.807, 2.05) is 25.1 Å². The number of benzene rings is 2. The summed E-state index contributed by atoms with van der Waals surface area (Å²) >= 11 is 0. The summed E-state index contributed by atoms with van der Waals surface area (Å²) in [5.74, 6) is 0.517. The molecule has 6 nitrogen and oxygen atoms in total. The van der Waals surface area contributed by atoms with Crippen LogP contribution in [0.4, 0.5) is 11.5 Å². The SMILES string of the molecule is Cc1cc(-c2cc3cc(-c4c[nH]c(=O)c(C)c4)ccc3nc2N)ccc1N1CCOCC1. The van der Waals surface area contributed by atoms with Crippen molar-refractivity contribution in [2.75, 3.05) is 36.9 Å². The maximum atomic E-state index is 11.7. The van der Waals surface area contributed by atoms with Crippen molar-refractivity contribution in [2.45, 2.75) is 13.8 Å². The van der Waals surface area contributed by atoms with Gasteiger partial charge in [0, 0.05) is 41.5 Å². The van der Waals surface area contributed by atoms with E-state index < -0.39 is 0 Å². The summed E-state index contributed by atoms with van der Waals surface area (Å²) in [6.45, 7) is 7.29. The number of aromatic nitrogens is 2. The summed E-state index contributed by atoms with van der Waals surface area (Å²) in [5, 5.41) is 1.01. The van der Waals surface area contributed by atoms with Crippen LogP contribution in [0.15, 0.2) is 59.5 Å². The second kappa shape index (κ2) is 8.13. The Morgan fingerprint density at radius 2 is 1.69 bits per heavy atom. The first-order chi connectivity index (χ1) is 15.5. The average molecular weight is 427 g/mol. The fraction of sp³-hybridized carbons (Fsp3) is 0.231. The lowest BCUT2D eigenvalue weighted by Crippen LogP contribution is -2.36. The molecule has 5 rings (SSSR count).